The maximum absolute atomic E-state index is 12.9. The topological polar surface area (TPSA) is 75.7 Å². The number of Topliss-reactive ketones (excluding diaryl/α,β-unsaturated/α-hetero) is 1. The lowest BCUT2D eigenvalue weighted by Gasteiger charge is -2.20. The van der Waals surface area contributed by atoms with Gasteiger partial charge in [-0.15, -0.1) is 0 Å². The third-order valence-electron chi connectivity index (χ3n) is 6.13. The molecule has 1 heterocycles. The predicted octanol–water partition coefficient (Wildman–Crippen LogP) is 6.25. The van der Waals surface area contributed by atoms with Crippen LogP contribution in [0.15, 0.2) is 47.3 Å². The van der Waals surface area contributed by atoms with Crippen LogP contribution in [-0.2, 0) is 17.4 Å². The normalized spacial score (nSPS) is 14.8. The van der Waals surface area contributed by atoms with Crippen molar-refractivity contribution in [2.75, 3.05) is 0 Å². The first-order valence-electron chi connectivity index (χ1n) is 11.2. The average molecular weight is 490 g/mol. The quantitative estimate of drug-likeness (QED) is 0.444. The summed E-state index contributed by atoms with van der Waals surface area (Å²) in [5.41, 5.74) is 0.0930. The van der Waals surface area contributed by atoms with Crippen molar-refractivity contribution < 1.29 is 18.0 Å². The van der Waals surface area contributed by atoms with Crippen LogP contribution < -0.4 is 5.69 Å². The van der Waals surface area contributed by atoms with Crippen molar-refractivity contribution in [3.8, 4) is 22.8 Å². The molecule has 34 heavy (non-hydrogen) atoms. The number of carbonyl (C=O) groups is 1. The lowest BCUT2D eigenvalue weighted by Crippen LogP contribution is -2.18. The van der Waals surface area contributed by atoms with E-state index in [2.05, 4.69) is 15.0 Å². The van der Waals surface area contributed by atoms with Crippen molar-refractivity contribution in [1.29, 1.82) is 0 Å². The molecule has 1 aliphatic carbocycles. The number of aromatic amines is 1. The lowest BCUT2D eigenvalue weighted by atomic mass is 9.84. The first-order valence-corrected chi connectivity index (χ1v) is 11.6. The van der Waals surface area contributed by atoms with Crippen LogP contribution in [0.5, 0.6) is 0 Å². The molecule has 0 bridgehead atoms. The maximum atomic E-state index is 12.9. The summed E-state index contributed by atoms with van der Waals surface area (Å²) in [6.45, 7) is 0. The zero-order valence-corrected chi connectivity index (χ0v) is 19.0. The second-order valence-corrected chi connectivity index (χ2v) is 8.92. The molecule has 5 nitrogen and oxygen atoms in total. The van der Waals surface area contributed by atoms with Crippen molar-refractivity contribution in [2.24, 2.45) is 5.92 Å². The summed E-state index contributed by atoms with van der Waals surface area (Å²) >= 11 is 6.36. The van der Waals surface area contributed by atoms with Crippen LogP contribution in [0.3, 0.4) is 0 Å². The van der Waals surface area contributed by atoms with Gasteiger partial charge in [-0.2, -0.15) is 18.2 Å². The van der Waals surface area contributed by atoms with Crippen LogP contribution >= 0.6 is 11.6 Å². The number of nitrogens with one attached hydrogen (secondary N) is 1. The summed E-state index contributed by atoms with van der Waals surface area (Å²) in [6.07, 6.45) is 1.82. The zero-order chi connectivity index (χ0) is 24.3. The van der Waals surface area contributed by atoms with E-state index in [1.807, 2.05) is 6.07 Å². The van der Waals surface area contributed by atoms with Gasteiger partial charge in [-0.1, -0.05) is 49.1 Å². The minimum atomic E-state index is -4.47. The fraction of sp³-hybridized carbons (Fsp3) is 0.360. The Hall–Kier alpha value is -3.00. The van der Waals surface area contributed by atoms with Crippen LogP contribution in [0.2, 0.25) is 5.02 Å². The molecule has 1 aromatic heterocycles. The Morgan fingerprint density at radius 3 is 2.41 bits per heavy atom. The van der Waals surface area contributed by atoms with Crippen LogP contribution in [0.1, 0.15) is 49.7 Å². The Morgan fingerprint density at radius 1 is 1.03 bits per heavy atom. The number of carbonyl (C=O) groups excluding carboxylic acids is 1. The molecule has 0 amide bonds. The Morgan fingerprint density at radius 2 is 1.74 bits per heavy atom. The number of benzene rings is 2. The third-order valence-corrected chi connectivity index (χ3v) is 6.46. The Labute approximate surface area is 199 Å². The average Bonchev–Trinajstić information content (AvgIpc) is 2.83. The largest absolute Gasteiger partial charge is 0.416 e. The molecule has 1 saturated carbocycles. The highest BCUT2D eigenvalue weighted by atomic mass is 35.5. The summed E-state index contributed by atoms with van der Waals surface area (Å²) in [6, 6.07) is 9.54. The minimum Gasteiger partial charge on any atom is -0.299 e. The second kappa shape index (κ2) is 10.1. The van der Waals surface area contributed by atoms with E-state index in [9.17, 15) is 22.8 Å². The van der Waals surface area contributed by atoms with Gasteiger partial charge in [-0.3, -0.25) is 9.78 Å². The highest BCUT2D eigenvalue weighted by Gasteiger charge is 2.30. The van der Waals surface area contributed by atoms with E-state index in [4.69, 9.17) is 11.6 Å². The van der Waals surface area contributed by atoms with Crippen molar-refractivity contribution >= 4 is 17.4 Å². The first kappa shape index (κ1) is 24.1. The first-order chi connectivity index (χ1) is 16.2. The van der Waals surface area contributed by atoms with Crippen LogP contribution in [0.25, 0.3) is 22.8 Å². The number of hydrogen-bond acceptors (Lipinski definition) is 4. The molecule has 0 atom stereocenters. The van der Waals surface area contributed by atoms with E-state index in [0.717, 1.165) is 43.4 Å². The van der Waals surface area contributed by atoms with Gasteiger partial charge in [0.15, 0.2) is 5.82 Å². The van der Waals surface area contributed by atoms with Crippen LogP contribution in [0.4, 0.5) is 13.2 Å². The van der Waals surface area contributed by atoms with E-state index in [1.165, 1.54) is 18.6 Å². The van der Waals surface area contributed by atoms with Gasteiger partial charge in [-0.25, -0.2) is 9.78 Å². The van der Waals surface area contributed by atoms with Gasteiger partial charge in [-0.05, 0) is 49.1 Å². The van der Waals surface area contributed by atoms with Crippen LogP contribution in [-0.4, -0.2) is 20.7 Å². The highest BCUT2D eigenvalue weighted by molar-refractivity contribution is 6.33. The molecular weight excluding hydrogens is 467 g/mol. The monoisotopic (exact) mass is 489 g/mol. The molecule has 178 valence electrons. The number of aromatic nitrogens is 3. The van der Waals surface area contributed by atoms with Crippen LogP contribution in [0, 0.1) is 5.92 Å². The second-order valence-electron chi connectivity index (χ2n) is 8.52. The minimum absolute atomic E-state index is 0.0126. The number of nitrogens with zero attached hydrogens (tertiary/aromatic N) is 2. The number of rotatable bonds is 6. The molecule has 1 fully saturated rings. The molecule has 0 saturated heterocycles. The summed E-state index contributed by atoms with van der Waals surface area (Å²) in [5.74, 6) is 0.558. The third kappa shape index (κ3) is 5.73. The SMILES string of the molecule is O=C(CCc1ccc(Cl)c(-c2nc(-c3ccc(C(F)(F)F)cc3)nc(=O)[nH]2)c1)C1CCCCC1. The molecule has 1 aliphatic rings. The van der Waals surface area contributed by atoms with E-state index < -0.39 is 17.4 Å². The zero-order valence-electron chi connectivity index (χ0n) is 18.3. The van der Waals surface area contributed by atoms with Gasteiger partial charge in [0.2, 0.25) is 0 Å². The number of halogens is 4. The molecule has 0 unspecified atom stereocenters. The van der Waals surface area contributed by atoms with E-state index in [1.54, 1.807) is 12.1 Å². The summed E-state index contributed by atoms with van der Waals surface area (Å²) in [5, 5.41) is 0.343. The highest BCUT2D eigenvalue weighted by Crippen LogP contribution is 2.31. The maximum Gasteiger partial charge on any atom is 0.416 e. The number of alkyl halides is 3. The molecule has 4 rings (SSSR count). The Bertz CT molecular complexity index is 1230. The summed E-state index contributed by atoms with van der Waals surface area (Å²) in [7, 11) is 0. The Balaban J connectivity index is 1.57. The molecule has 0 spiro atoms. The van der Waals surface area contributed by atoms with Crippen molar-refractivity contribution in [3.63, 3.8) is 0 Å². The fourth-order valence-corrected chi connectivity index (χ4v) is 4.46. The molecule has 1 N–H and O–H groups in total. The Kier molecular flexibility index (Phi) is 7.16. The van der Waals surface area contributed by atoms with Gasteiger partial charge in [0, 0.05) is 23.5 Å². The van der Waals surface area contributed by atoms with Gasteiger partial charge in [0.1, 0.15) is 11.6 Å². The van der Waals surface area contributed by atoms with E-state index >= 15 is 0 Å². The standard InChI is InChI=1S/C25H23ClF3N3O2/c26-20-12-6-15(7-13-21(33)16-4-2-1-3-5-16)14-19(20)23-30-22(31-24(34)32-23)17-8-10-18(11-9-17)25(27,28)29/h6,8-12,14,16H,1-5,7,13H2,(H,30,31,32,34). The van der Waals surface area contributed by atoms with Crippen molar-refractivity contribution in [3.05, 3.63) is 69.1 Å². The number of aryl methyl sites for hydroxylation is 1. The van der Waals surface area contributed by atoms with Gasteiger partial charge >= 0.3 is 11.9 Å². The number of H-pyrrole nitrogens is 1. The van der Waals surface area contributed by atoms with E-state index in [-0.39, 0.29) is 28.9 Å². The molecule has 0 aliphatic heterocycles. The molecular formula is C25H23ClF3N3O2. The van der Waals surface area contributed by atoms with Crippen molar-refractivity contribution in [2.45, 2.75) is 51.1 Å². The molecule has 0 radical (unpaired) electrons. The van der Waals surface area contributed by atoms with Gasteiger partial charge in [0.25, 0.3) is 0 Å². The van der Waals surface area contributed by atoms with Crippen molar-refractivity contribution in [1.82, 2.24) is 15.0 Å². The molecule has 2 aromatic carbocycles. The molecule has 3 aromatic rings. The number of hydrogen-bond donors (Lipinski definition) is 1. The predicted molar refractivity (Wildman–Crippen MR) is 123 cm³/mol. The number of ketones is 1. The smallest absolute Gasteiger partial charge is 0.299 e. The van der Waals surface area contributed by atoms with Gasteiger partial charge in [0.05, 0.1) is 10.6 Å². The van der Waals surface area contributed by atoms with E-state index in [0.29, 0.717) is 23.4 Å². The summed E-state index contributed by atoms with van der Waals surface area (Å²) < 4.78 is 38.6. The summed E-state index contributed by atoms with van der Waals surface area (Å²) in [4.78, 5) is 35.4. The van der Waals surface area contributed by atoms with Gasteiger partial charge < -0.3 is 0 Å². The molecule has 9 heteroatoms. The fourth-order valence-electron chi connectivity index (χ4n) is 4.25. The lowest BCUT2D eigenvalue weighted by molar-refractivity contribution is -0.137.